The van der Waals surface area contributed by atoms with Crippen molar-refractivity contribution in [3.05, 3.63) is 16.7 Å². The van der Waals surface area contributed by atoms with Crippen LogP contribution in [0.5, 0.6) is 0 Å². The van der Waals surface area contributed by atoms with Crippen molar-refractivity contribution in [3.63, 3.8) is 0 Å². The molecule has 5 N–H and O–H groups in total. The zero-order chi connectivity index (χ0) is 17.3. The van der Waals surface area contributed by atoms with Crippen molar-refractivity contribution in [2.45, 2.75) is 31.0 Å². The van der Waals surface area contributed by atoms with E-state index in [4.69, 9.17) is 31.8 Å². The van der Waals surface area contributed by atoms with Gasteiger partial charge in [0.1, 0.15) is 18.3 Å². The average molecular weight is 375 g/mol. The minimum atomic E-state index is -3.43. The summed E-state index contributed by atoms with van der Waals surface area (Å²) in [6, 6.07) is 0. The third-order valence-electron chi connectivity index (χ3n) is 4.07. The predicted octanol–water partition coefficient (Wildman–Crippen LogP) is -1.02. The number of nitrogens with one attached hydrogen (secondary N) is 1. The molecule has 4 rings (SSSR count). The molecule has 4 heterocycles. The number of aliphatic hydroxyl groups is 1. The summed E-state index contributed by atoms with van der Waals surface area (Å²) in [6.45, 7) is 1.46. The molecule has 1 unspecified atom stereocenters. The Morgan fingerprint density at radius 1 is 1.62 bits per heavy atom. The molecule has 2 fully saturated rings. The van der Waals surface area contributed by atoms with Crippen LogP contribution in [0.1, 0.15) is 13.2 Å². The van der Waals surface area contributed by atoms with Crippen LogP contribution in [0, 0.1) is 0 Å². The van der Waals surface area contributed by atoms with E-state index >= 15 is 0 Å². The van der Waals surface area contributed by atoms with Crippen LogP contribution in [0.3, 0.4) is 0 Å². The van der Waals surface area contributed by atoms with Crippen molar-refractivity contribution in [3.8, 4) is 0 Å². The first-order chi connectivity index (χ1) is 11.2. The van der Waals surface area contributed by atoms with Crippen LogP contribution < -0.4 is 11.3 Å². The number of imidazole rings is 1. The molecule has 0 spiro atoms. The minimum absolute atomic E-state index is 0.0200. The Balaban J connectivity index is 1.79. The zero-order valence-electron chi connectivity index (χ0n) is 12.3. The molecule has 0 amide bonds. The lowest BCUT2D eigenvalue weighted by molar-refractivity contribution is -0.0890. The Morgan fingerprint density at radius 3 is 3.12 bits per heavy atom. The Kier molecular flexibility index (Phi) is 3.45. The number of ether oxygens (including phenoxy) is 1. The predicted molar refractivity (Wildman–Crippen MR) is 84.4 cm³/mol. The van der Waals surface area contributed by atoms with Crippen LogP contribution in [0.15, 0.2) is 11.1 Å². The molecule has 11 nitrogen and oxygen atoms in total. The smallest absolute Gasteiger partial charge is 0.287 e. The van der Waals surface area contributed by atoms with Crippen LogP contribution in [0.25, 0.3) is 11.2 Å². The monoisotopic (exact) mass is 375 g/mol. The van der Waals surface area contributed by atoms with Crippen molar-refractivity contribution in [1.29, 1.82) is 0 Å². The molecule has 5 atom stereocenters. The van der Waals surface area contributed by atoms with Crippen molar-refractivity contribution in [2.75, 3.05) is 12.3 Å². The van der Waals surface area contributed by atoms with Crippen molar-refractivity contribution >= 4 is 36.5 Å². The lowest BCUT2D eigenvalue weighted by Gasteiger charge is -2.36. The molecule has 0 radical (unpaired) electrons. The lowest BCUT2D eigenvalue weighted by atomic mass is 9.96. The minimum Gasteiger partial charge on any atom is -0.459 e. The zero-order valence-corrected chi connectivity index (χ0v) is 14.0. The first-order valence-corrected chi connectivity index (χ1v) is 9.54. The van der Waals surface area contributed by atoms with Crippen LogP contribution in [0.2, 0.25) is 0 Å². The van der Waals surface area contributed by atoms with Crippen LogP contribution in [-0.2, 0) is 26.0 Å². The second kappa shape index (κ2) is 5.11. The van der Waals surface area contributed by atoms with Crippen LogP contribution >= 0.6 is 7.15 Å². The average Bonchev–Trinajstić information content (AvgIpc) is 2.98. The van der Waals surface area contributed by atoms with Gasteiger partial charge in [-0.2, -0.15) is 14.0 Å². The maximum absolute atomic E-state index is 11.9. The number of fused-ring (bicyclic) bond motifs is 2. The van der Waals surface area contributed by atoms with Gasteiger partial charge in [-0.05, 0) is 6.92 Å². The number of nitrogen functional groups attached to an aromatic ring is 1. The molecule has 2 aliphatic rings. The molecule has 2 aromatic heterocycles. The number of H-pyrrole nitrogens is 1. The van der Waals surface area contributed by atoms with Crippen molar-refractivity contribution in [1.82, 2.24) is 19.5 Å². The number of nitrogens with two attached hydrogens (primary N) is 1. The van der Waals surface area contributed by atoms with E-state index in [2.05, 4.69) is 15.0 Å². The van der Waals surface area contributed by atoms with Gasteiger partial charge in [-0.1, -0.05) is 0 Å². The van der Waals surface area contributed by atoms with Gasteiger partial charge in [0.2, 0.25) is 5.95 Å². The Labute approximate surface area is 140 Å². The second-order valence-electron chi connectivity index (χ2n) is 5.82. The summed E-state index contributed by atoms with van der Waals surface area (Å²) >= 11 is 4.83. The third kappa shape index (κ3) is 2.34. The molecule has 2 saturated heterocycles. The summed E-state index contributed by atoms with van der Waals surface area (Å²) in [5, 5.41) is 10.9. The highest BCUT2D eigenvalue weighted by atomic mass is 32.7. The maximum atomic E-state index is 11.9. The number of hydrogen-bond acceptors (Lipinski definition) is 10. The van der Waals surface area contributed by atoms with E-state index in [0.29, 0.717) is 0 Å². The number of hydrogen-bond donors (Lipinski definition) is 4. The first-order valence-electron chi connectivity index (χ1n) is 6.95. The van der Waals surface area contributed by atoms with E-state index in [0.717, 1.165) is 0 Å². The van der Waals surface area contributed by atoms with Crippen LogP contribution in [-0.4, -0.2) is 53.9 Å². The third-order valence-corrected chi connectivity index (χ3v) is 5.61. The quantitative estimate of drug-likeness (QED) is 0.359. The number of nitrogens with zero attached hydrogens (tertiary/aromatic N) is 3. The Morgan fingerprint density at radius 2 is 2.38 bits per heavy atom. The molecule has 0 bridgehead atoms. The summed E-state index contributed by atoms with van der Waals surface area (Å²) in [4.78, 5) is 32.1. The van der Waals surface area contributed by atoms with Gasteiger partial charge < -0.3 is 27.8 Å². The van der Waals surface area contributed by atoms with Crippen molar-refractivity contribution < 1.29 is 23.8 Å². The summed E-state index contributed by atoms with van der Waals surface area (Å²) in [6.07, 6.45) is -1.21. The maximum Gasteiger partial charge on any atom is 0.287 e. The van der Waals surface area contributed by atoms with E-state index in [-0.39, 0.29) is 23.7 Å². The van der Waals surface area contributed by atoms with E-state index in [1.165, 1.54) is 17.8 Å². The van der Waals surface area contributed by atoms with E-state index in [9.17, 15) is 14.8 Å². The fourth-order valence-electron chi connectivity index (χ4n) is 3.00. The largest absolute Gasteiger partial charge is 0.459 e. The normalized spacial score (nSPS) is 39.2. The first kappa shape index (κ1) is 16.2. The Bertz CT molecular complexity index is 868. The molecule has 0 aliphatic carbocycles. The molecule has 2 aromatic rings. The fourth-order valence-corrected chi connectivity index (χ4v) is 4.49. The number of rotatable bonds is 1. The highest BCUT2D eigenvalue weighted by Gasteiger charge is 2.61. The summed E-state index contributed by atoms with van der Waals surface area (Å²) in [5.41, 5.74) is 3.71. The molecular formula is C11H14N5O6PS. The van der Waals surface area contributed by atoms with Gasteiger partial charge in [0.25, 0.3) is 12.7 Å². The van der Waals surface area contributed by atoms with Gasteiger partial charge in [-0.15, -0.1) is 0 Å². The topological polar surface area (TPSA) is 158 Å². The molecule has 13 heteroatoms. The van der Waals surface area contributed by atoms with Crippen LogP contribution in [0.4, 0.5) is 5.95 Å². The lowest BCUT2D eigenvalue weighted by Crippen LogP contribution is -2.48. The molecule has 130 valence electrons. The summed E-state index contributed by atoms with van der Waals surface area (Å²) in [7, 11) is -3.43. The van der Waals surface area contributed by atoms with E-state index < -0.39 is 36.7 Å². The van der Waals surface area contributed by atoms with Gasteiger partial charge in [0.15, 0.2) is 23.5 Å². The van der Waals surface area contributed by atoms with Gasteiger partial charge in [-0.25, -0.2) is 9.88 Å². The van der Waals surface area contributed by atoms with E-state index in [1.807, 2.05) is 0 Å². The number of aromatic amines is 1. The highest BCUT2D eigenvalue weighted by molar-refractivity contribution is 8.35. The molecule has 0 aromatic carbocycles. The molecule has 0 saturated carbocycles. The number of aromatic nitrogens is 4. The second-order valence-corrected chi connectivity index (χ2v) is 8.61. The van der Waals surface area contributed by atoms with Gasteiger partial charge >= 0.3 is 0 Å². The standard InChI is InChI=1S/C11H14N5O6PS/c1-11(18)6-4(2-20-23(19,24)22-6)21-9(11)16-3-13-5-7(16)14-10(12)15-8(5)17/h3-4,6,9,18H,2H2,1H3,(H,19,24)(H3,12,14,15,17)/t4-,6-,9-,11-,23?/m1/s1. The van der Waals surface area contributed by atoms with Gasteiger partial charge in [0.05, 0.1) is 6.33 Å². The molecule has 24 heavy (non-hydrogen) atoms. The van der Waals surface area contributed by atoms with Gasteiger partial charge in [-0.3, -0.25) is 14.3 Å². The molecule has 2 aliphatic heterocycles. The highest BCUT2D eigenvalue weighted by Crippen LogP contribution is 2.62. The number of anilines is 1. The fraction of sp³-hybridized carbons (Fsp3) is 0.545. The molecular weight excluding hydrogens is 361 g/mol. The van der Waals surface area contributed by atoms with Gasteiger partial charge in [0, 0.05) is 0 Å². The summed E-state index contributed by atoms with van der Waals surface area (Å²) < 4.78 is 17.6. The van der Waals surface area contributed by atoms with E-state index in [1.54, 1.807) is 0 Å². The Hall–Kier alpha value is -1.27. The SMILES string of the molecule is C[C@@]1(O)[C@@H]2O[P+](O)([S-])OC[C@H]2O[C@H]1n1cnc2c(=O)[nH]c(N)nc21. The summed E-state index contributed by atoms with van der Waals surface area (Å²) in [5.74, 6) is -0.0882. The van der Waals surface area contributed by atoms with Crippen molar-refractivity contribution in [2.24, 2.45) is 0 Å².